The number of anilines is 1. The molecule has 2 fully saturated rings. The number of hydrogen-bond donors (Lipinski definition) is 2. The van der Waals surface area contributed by atoms with Crippen LogP contribution in [0.25, 0.3) is 0 Å². The number of hydrogen-bond acceptors (Lipinski definition) is 6. The number of alkyl halides is 3. The van der Waals surface area contributed by atoms with E-state index in [1.807, 2.05) is 25.7 Å². The lowest BCUT2D eigenvalue weighted by Crippen LogP contribution is -2.57. The van der Waals surface area contributed by atoms with Crippen molar-refractivity contribution in [1.29, 1.82) is 0 Å². The van der Waals surface area contributed by atoms with Gasteiger partial charge in [0.05, 0.1) is 12.4 Å². The number of nitrogens with zero attached hydrogens (tertiary/aromatic N) is 3. The predicted octanol–water partition coefficient (Wildman–Crippen LogP) is 3.89. The Kier molecular flexibility index (Phi) is 7.28. The van der Waals surface area contributed by atoms with Gasteiger partial charge in [-0.25, -0.2) is 14.8 Å². The maximum atomic E-state index is 12.7. The van der Waals surface area contributed by atoms with E-state index >= 15 is 0 Å². The lowest BCUT2D eigenvalue weighted by atomic mass is 9.89. The highest BCUT2D eigenvalue weighted by Gasteiger charge is 2.34. The number of ether oxygens (including phenoxy) is 1. The zero-order valence-electron chi connectivity index (χ0n) is 18.3. The van der Waals surface area contributed by atoms with Crippen molar-refractivity contribution in [3.63, 3.8) is 0 Å². The third kappa shape index (κ3) is 6.95. The van der Waals surface area contributed by atoms with Crippen LogP contribution in [0, 0.1) is 0 Å². The second kappa shape index (κ2) is 9.58. The van der Waals surface area contributed by atoms with Crippen molar-refractivity contribution in [3.8, 4) is 0 Å². The molecule has 3 atom stereocenters. The van der Waals surface area contributed by atoms with Crippen LogP contribution in [0.15, 0.2) is 12.4 Å². The number of carbonyl (C=O) groups excluding carboxylic acids is 1. The standard InChI is InChI=1S/C21H32F3N5O2/c1-20(2,3)31-19(30)28-16-9-5-4-8-15(16)27-14-7-6-10-29(13-14)18-12-25-17(11-26-18)21(22,23)24/h11-12,14-16,27H,4-10,13H2,1-3H3,(H,28,30)/t14?,15-,16-/m1/s1. The van der Waals surface area contributed by atoms with E-state index in [9.17, 15) is 18.0 Å². The zero-order valence-corrected chi connectivity index (χ0v) is 18.3. The van der Waals surface area contributed by atoms with Crippen molar-refractivity contribution in [3.05, 3.63) is 18.1 Å². The number of piperidine rings is 1. The summed E-state index contributed by atoms with van der Waals surface area (Å²) < 4.78 is 43.6. The molecule has 1 unspecified atom stereocenters. The highest BCUT2D eigenvalue weighted by Crippen LogP contribution is 2.28. The third-order valence-corrected chi connectivity index (χ3v) is 5.59. The first-order valence-electron chi connectivity index (χ1n) is 10.9. The molecule has 0 aromatic carbocycles. The summed E-state index contributed by atoms with van der Waals surface area (Å²) in [5.74, 6) is 0.451. The molecule has 31 heavy (non-hydrogen) atoms. The van der Waals surface area contributed by atoms with Gasteiger partial charge in [0.25, 0.3) is 0 Å². The van der Waals surface area contributed by atoms with Crippen LogP contribution in [0.5, 0.6) is 0 Å². The molecule has 7 nitrogen and oxygen atoms in total. The molecule has 3 rings (SSSR count). The molecule has 1 amide bonds. The van der Waals surface area contributed by atoms with E-state index in [1.165, 1.54) is 6.20 Å². The summed E-state index contributed by atoms with van der Waals surface area (Å²) >= 11 is 0. The van der Waals surface area contributed by atoms with Gasteiger partial charge >= 0.3 is 12.3 Å². The minimum absolute atomic E-state index is 0.00941. The SMILES string of the molecule is CC(C)(C)OC(=O)N[C@@H]1CCCC[C@H]1NC1CCCN(c2cnc(C(F)(F)F)cn2)C1. The van der Waals surface area contributed by atoms with E-state index in [0.29, 0.717) is 12.4 Å². The first-order chi connectivity index (χ1) is 14.5. The van der Waals surface area contributed by atoms with Crippen LogP contribution >= 0.6 is 0 Å². The molecular weight excluding hydrogens is 411 g/mol. The van der Waals surface area contributed by atoms with Crippen LogP contribution in [-0.4, -0.2) is 52.9 Å². The van der Waals surface area contributed by atoms with Gasteiger partial charge in [0.2, 0.25) is 0 Å². The van der Waals surface area contributed by atoms with Gasteiger partial charge in [-0.3, -0.25) is 0 Å². The molecule has 1 aromatic heterocycles. The van der Waals surface area contributed by atoms with Gasteiger partial charge < -0.3 is 20.3 Å². The van der Waals surface area contributed by atoms with Crippen molar-refractivity contribution < 1.29 is 22.7 Å². The molecule has 0 spiro atoms. The zero-order chi connectivity index (χ0) is 22.6. The number of nitrogens with one attached hydrogen (secondary N) is 2. The largest absolute Gasteiger partial charge is 0.444 e. The van der Waals surface area contributed by atoms with Crippen molar-refractivity contribution >= 4 is 11.9 Å². The lowest BCUT2D eigenvalue weighted by Gasteiger charge is -2.39. The Balaban J connectivity index is 1.58. The first kappa shape index (κ1) is 23.6. The number of halogens is 3. The fourth-order valence-electron chi connectivity index (χ4n) is 4.22. The molecule has 1 aliphatic carbocycles. The van der Waals surface area contributed by atoms with Gasteiger partial charge in [0, 0.05) is 31.2 Å². The summed E-state index contributed by atoms with van der Waals surface area (Å²) in [6, 6.07) is 0.277. The van der Waals surface area contributed by atoms with Crippen molar-refractivity contribution in [2.24, 2.45) is 0 Å². The fourth-order valence-corrected chi connectivity index (χ4v) is 4.22. The summed E-state index contributed by atoms with van der Waals surface area (Å²) in [6.07, 6.45) is 2.92. The van der Waals surface area contributed by atoms with E-state index in [-0.39, 0.29) is 18.1 Å². The quantitative estimate of drug-likeness (QED) is 0.735. The Morgan fingerprint density at radius 1 is 1.06 bits per heavy atom. The van der Waals surface area contributed by atoms with E-state index in [1.54, 1.807) is 0 Å². The Bertz CT molecular complexity index is 736. The Hall–Kier alpha value is -2.10. The molecule has 2 N–H and O–H groups in total. The molecule has 1 saturated heterocycles. The monoisotopic (exact) mass is 443 g/mol. The maximum Gasteiger partial charge on any atom is 0.434 e. The number of carbonyl (C=O) groups is 1. The Morgan fingerprint density at radius 3 is 2.39 bits per heavy atom. The van der Waals surface area contributed by atoms with Crippen LogP contribution in [0.4, 0.5) is 23.8 Å². The van der Waals surface area contributed by atoms with Crippen molar-refractivity contribution in [2.45, 2.75) is 89.2 Å². The summed E-state index contributed by atoms with van der Waals surface area (Å²) in [5.41, 5.74) is -1.53. The topological polar surface area (TPSA) is 79.4 Å². The molecule has 174 valence electrons. The first-order valence-corrected chi connectivity index (χ1v) is 10.9. The van der Waals surface area contributed by atoms with Crippen LogP contribution < -0.4 is 15.5 Å². The Labute approximate surface area is 181 Å². The van der Waals surface area contributed by atoms with E-state index in [0.717, 1.165) is 51.3 Å². The second-order valence-corrected chi connectivity index (χ2v) is 9.35. The summed E-state index contributed by atoms with van der Waals surface area (Å²) in [7, 11) is 0. The summed E-state index contributed by atoms with van der Waals surface area (Å²) in [4.78, 5) is 21.7. The van der Waals surface area contributed by atoms with Gasteiger partial charge in [0.15, 0.2) is 5.69 Å². The fraction of sp³-hybridized carbons (Fsp3) is 0.762. The number of rotatable bonds is 4. The third-order valence-electron chi connectivity index (χ3n) is 5.59. The van der Waals surface area contributed by atoms with Gasteiger partial charge in [-0.2, -0.15) is 13.2 Å². The molecule has 10 heteroatoms. The molecule has 0 radical (unpaired) electrons. The molecule has 1 aromatic rings. The predicted molar refractivity (Wildman–Crippen MR) is 111 cm³/mol. The number of aromatic nitrogens is 2. The highest BCUT2D eigenvalue weighted by atomic mass is 19.4. The smallest absolute Gasteiger partial charge is 0.434 e. The summed E-state index contributed by atoms with van der Waals surface area (Å²) in [5, 5.41) is 6.68. The van der Waals surface area contributed by atoms with Crippen LogP contribution in [0.2, 0.25) is 0 Å². The molecular formula is C21H32F3N5O2. The molecule has 2 aliphatic rings. The van der Waals surface area contributed by atoms with Gasteiger partial charge in [-0.05, 0) is 46.5 Å². The Morgan fingerprint density at radius 2 is 1.77 bits per heavy atom. The van der Waals surface area contributed by atoms with E-state index in [4.69, 9.17) is 4.74 Å². The van der Waals surface area contributed by atoms with Crippen LogP contribution in [0.1, 0.15) is 65.0 Å². The highest BCUT2D eigenvalue weighted by molar-refractivity contribution is 5.68. The average molecular weight is 444 g/mol. The number of amides is 1. The minimum atomic E-state index is -4.49. The summed E-state index contributed by atoms with van der Waals surface area (Å²) in [6.45, 7) is 6.87. The van der Waals surface area contributed by atoms with Gasteiger partial charge in [-0.15, -0.1) is 0 Å². The van der Waals surface area contributed by atoms with Crippen molar-refractivity contribution in [2.75, 3.05) is 18.0 Å². The molecule has 1 aliphatic heterocycles. The van der Waals surface area contributed by atoms with Crippen LogP contribution in [-0.2, 0) is 10.9 Å². The van der Waals surface area contributed by atoms with Crippen LogP contribution in [0.3, 0.4) is 0 Å². The molecule has 1 saturated carbocycles. The van der Waals surface area contributed by atoms with E-state index in [2.05, 4.69) is 20.6 Å². The van der Waals surface area contributed by atoms with Gasteiger partial charge in [-0.1, -0.05) is 12.8 Å². The van der Waals surface area contributed by atoms with Crippen molar-refractivity contribution in [1.82, 2.24) is 20.6 Å². The average Bonchev–Trinajstić information content (AvgIpc) is 2.68. The molecule has 2 heterocycles. The maximum absolute atomic E-state index is 12.7. The molecule has 0 bridgehead atoms. The van der Waals surface area contributed by atoms with E-state index < -0.39 is 23.6 Å². The lowest BCUT2D eigenvalue weighted by molar-refractivity contribution is -0.141. The normalized spacial score (nSPS) is 25.2. The van der Waals surface area contributed by atoms with Gasteiger partial charge in [0.1, 0.15) is 11.4 Å². The second-order valence-electron chi connectivity index (χ2n) is 9.35. The number of alkyl carbamates (subject to hydrolysis) is 1. The minimum Gasteiger partial charge on any atom is -0.444 e.